The van der Waals surface area contributed by atoms with Gasteiger partial charge in [0, 0.05) is 16.4 Å². The molecule has 3 rings (SSSR count). The Kier molecular flexibility index (Phi) is 5.96. The van der Waals surface area contributed by atoms with E-state index in [1.807, 2.05) is 46.0 Å². The summed E-state index contributed by atoms with van der Waals surface area (Å²) in [5.74, 6) is -0.349. The molecule has 0 saturated carbocycles. The minimum absolute atomic E-state index is 0.314. The van der Waals surface area contributed by atoms with Gasteiger partial charge >= 0.3 is 5.97 Å². The second-order valence-electron chi connectivity index (χ2n) is 5.85. The maximum absolute atomic E-state index is 12.7. The van der Waals surface area contributed by atoms with Gasteiger partial charge < -0.3 is 10.1 Å². The normalized spacial score (nSPS) is 17.3. The summed E-state index contributed by atoms with van der Waals surface area (Å²) in [4.78, 5) is 14.6. The molecule has 1 atom stereocenters. The Balaban J connectivity index is 2.18. The number of anilines is 1. The van der Waals surface area contributed by atoms with Gasteiger partial charge in [-0.15, -0.1) is 0 Å². The van der Waals surface area contributed by atoms with Crippen molar-refractivity contribution in [1.82, 2.24) is 5.32 Å². The molecule has 1 aliphatic rings. The van der Waals surface area contributed by atoms with E-state index in [-0.39, 0.29) is 12.0 Å². The first-order chi connectivity index (χ1) is 12.6. The predicted molar refractivity (Wildman–Crippen MR) is 111 cm³/mol. The van der Waals surface area contributed by atoms with Crippen molar-refractivity contribution in [3.8, 4) is 0 Å². The number of ether oxygens (including phenoxy) is 1. The topological polar surface area (TPSA) is 41.6 Å². The number of allylic oxidation sites excluding steroid dienone is 1. The van der Waals surface area contributed by atoms with Gasteiger partial charge in [-0.05, 0) is 65.3 Å². The number of thiocarbonyl (C=S) groups is 1. The second-order valence-corrected chi connectivity index (χ2v) is 7.46. The van der Waals surface area contributed by atoms with E-state index in [1.165, 1.54) is 7.11 Å². The molecule has 26 heavy (non-hydrogen) atoms. The molecular formula is C19H19ClN2O2S2. The van der Waals surface area contributed by atoms with Crippen molar-refractivity contribution in [2.24, 2.45) is 0 Å². The van der Waals surface area contributed by atoms with E-state index in [2.05, 4.69) is 12.2 Å². The molecule has 0 spiro atoms. The lowest BCUT2D eigenvalue weighted by atomic mass is 9.94. The number of thiophene rings is 1. The summed E-state index contributed by atoms with van der Waals surface area (Å²) in [6.07, 6.45) is 1.58. The molecule has 7 heteroatoms. The third-order valence-electron chi connectivity index (χ3n) is 4.19. The van der Waals surface area contributed by atoms with Crippen LogP contribution in [0.15, 0.2) is 52.4 Å². The van der Waals surface area contributed by atoms with Gasteiger partial charge in [-0.2, -0.15) is 11.3 Å². The number of esters is 1. The lowest BCUT2D eigenvalue weighted by molar-refractivity contribution is -0.136. The number of halogens is 1. The Morgan fingerprint density at radius 1 is 1.35 bits per heavy atom. The quantitative estimate of drug-likeness (QED) is 0.555. The maximum atomic E-state index is 12.7. The van der Waals surface area contributed by atoms with E-state index in [0.717, 1.165) is 23.4 Å². The fourth-order valence-corrected chi connectivity index (χ4v) is 4.20. The number of hydrogen-bond acceptors (Lipinski definition) is 4. The number of nitrogens with zero attached hydrogens (tertiary/aromatic N) is 1. The van der Waals surface area contributed by atoms with Crippen LogP contribution in [0.25, 0.3) is 0 Å². The molecular weight excluding hydrogens is 388 g/mol. The largest absolute Gasteiger partial charge is 0.466 e. The number of rotatable bonds is 5. The van der Waals surface area contributed by atoms with Crippen LogP contribution in [0.4, 0.5) is 5.69 Å². The van der Waals surface area contributed by atoms with E-state index < -0.39 is 0 Å². The highest BCUT2D eigenvalue weighted by Crippen LogP contribution is 2.37. The van der Waals surface area contributed by atoms with E-state index in [4.69, 9.17) is 28.6 Å². The molecule has 0 amide bonds. The summed E-state index contributed by atoms with van der Waals surface area (Å²) in [5, 5.41) is 8.52. The number of carbonyl (C=O) groups excluding carboxylic acids is 1. The third kappa shape index (κ3) is 3.63. The van der Waals surface area contributed by atoms with Crippen molar-refractivity contribution >= 4 is 51.9 Å². The van der Waals surface area contributed by atoms with Crippen LogP contribution >= 0.6 is 35.2 Å². The highest BCUT2D eigenvalue weighted by Gasteiger charge is 2.36. The van der Waals surface area contributed by atoms with Gasteiger partial charge in [0.1, 0.15) is 0 Å². The van der Waals surface area contributed by atoms with Crippen LogP contribution in [-0.4, -0.2) is 18.2 Å². The minimum atomic E-state index is -0.349. The average molecular weight is 407 g/mol. The Hall–Kier alpha value is -1.89. The summed E-state index contributed by atoms with van der Waals surface area (Å²) >= 11 is 13.3. The molecule has 1 aliphatic heterocycles. The van der Waals surface area contributed by atoms with Crippen LogP contribution in [0, 0.1) is 0 Å². The Labute approximate surface area is 167 Å². The fraction of sp³-hybridized carbons (Fsp3) is 0.263. The zero-order chi connectivity index (χ0) is 18.7. The summed E-state index contributed by atoms with van der Waals surface area (Å²) in [5.41, 5.74) is 3.32. The first kappa shape index (κ1) is 18.9. The van der Waals surface area contributed by atoms with Crippen molar-refractivity contribution in [3.63, 3.8) is 0 Å². The maximum Gasteiger partial charge on any atom is 0.337 e. The molecule has 2 heterocycles. The molecule has 1 aromatic heterocycles. The van der Waals surface area contributed by atoms with Gasteiger partial charge in [0.05, 0.1) is 18.7 Å². The zero-order valence-corrected chi connectivity index (χ0v) is 16.9. The van der Waals surface area contributed by atoms with Crippen LogP contribution in [0.5, 0.6) is 0 Å². The van der Waals surface area contributed by atoms with Gasteiger partial charge in [-0.3, -0.25) is 4.90 Å². The number of hydrogen-bond donors (Lipinski definition) is 1. The van der Waals surface area contributed by atoms with Crippen LogP contribution in [0.1, 0.15) is 31.4 Å². The lowest BCUT2D eigenvalue weighted by Gasteiger charge is -2.38. The fourth-order valence-electron chi connectivity index (χ4n) is 3.05. The number of benzene rings is 1. The monoisotopic (exact) mass is 406 g/mol. The first-order valence-corrected chi connectivity index (χ1v) is 9.99. The Morgan fingerprint density at radius 3 is 2.65 bits per heavy atom. The molecule has 4 nitrogen and oxygen atoms in total. The summed E-state index contributed by atoms with van der Waals surface area (Å²) < 4.78 is 5.11. The Bertz CT molecular complexity index is 832. The van der Waals surface area contributed by atoms with Crippen LogP contribution < -0.4 is 10.2 Å². The smallest absolute Gasteiger partial charge is 0.337 e. The van der Waals surface area contributed by atoms with Gasteiger partial charge in [-0.1, -0.05) is 24.9 Å². The van der Waals surface area contributed by atoms with E-state index in [0.29, 0.717) is 22.1 Å². The molecule has 1 aromatic carbocycles. The van der Waals surface area contributed by atoms with Gasteiger partial charge in [0.2, 0.25) is 0 Å². The van der Waals surface area contributed by atoms with Gasteiger partial charge in [0.25, 0.3) is 0 Å². The highest BCUT2D eigenvalue weighted by molar-refractivity contribution is 7.80. The standard InChI is InChI=1S/C19H19ClN2O2S2/c1-3-4-15-16(18(23)24-2)17(12-9-10-26-11-12)21-19(25)22(15)14-7-5-13(20)6-8-14/h5-11,17H,3-4H2,1-2H3,(H,21,25). The van der Waals surface area contributed by atoms with Gasteiger partial charge in [-0.25, -0.2) is 4.79 Å². The van der Waals surface area contributed by atoms with Crippen LogP contribution in [-0.2, 0) is 9.53 Å². The molecule has 0 bridgehead atoms. The van der Waals surface area contributed by atoms with Crippen LogP contribution in [0.2, 0.25) is 5.02 Å². The minimum Gasteiger partial charge on any atom is -0.466 e. The van der Waals surface area contributed by atoms with Crippen molar-refractivity contribution < 1.29 is 9.53 Å². The number of methoxy groups -OCH3 is 1. The van der Waals surface area contributed by atoms with Crippen LogP contribution in [0.3, 0.4) is 0 Å². The van der Waals surface area contributed by atoms with Crippen molar-refractivity contribution in [3.05, 3.63) is 62.9 Å². The zero-order valence-electron chi connectivity index (χ0n) is 14.5. The second kappa shape index (κ2) is 8.20. The van der Waals surface area contributed by atoms with E-state index in [9.17, 15) is 4.79 Å². The molecule has 1 unspecified atom stereocenters. The molecule has 1 N–H and O–H groups in total. The Morgan fingerprint density at radius 2 is 2.08 bits per heavy atom. The van der Waals surface area contributed by atoms with Gasteiger partial charge in [0.15, 0.2) is 5.11 Å². The molecule has 0 radical (unpaired) electrons. The third-order valence-corrected chi connectivity index (χ3v) is 5.45. The SMILES string of the molecule is CCCC1=C(C(=O)OC)C(c2ccsc2)NC(=S)N1c1ccc(Cl)cc1. The predicted octanol–water partition coefficient (Wildman–Crippen LogP) is 5.06. The molecule has 0 aliphatic carbocycles. The van der Waals surface area contributed by atoms with Crippen molar-refractivity contribution in [2.45, 2.75) is 25.8 Å². The molecule has 0 saturated heterocycles. The first-order valence-electron chi connectivity index (χ1n) is 8.26. The van der Waals surface area contributed by atoms with Crippen molar-refractivity contribution in [1.29, 1.82) is 0 Å². The molecule has 2 aromatic rings. The van der Waals surface area contributed by atoms with Crippen molar-refractivity contribution in [2.75, 3.05) is 12.0 Å². The average Bonchev–Trinajstić information content (AvgIpc) is 3.17. The highest BCUT2D eigenvalue weighted by atomic mass is 35.5. The number of nitrogens with one attached hydrogen (secondary N) is 1. The summed E-state index contributed by atoms with van der Waals surface area (Å²) in [6.45, 7) is 2.08. The number of carbonyl (C=O) groups is 1. The lowest BCUT2D eigenvalue weighted by Crippen LogP contribution is -2.48. The summed E-state index contributed by atoms with van der Waals surface area (Å²) in [6, 6.07) is 9.09. The summed E-state index contributed by atoms with van der Waals surface area (Å²) in [7, 11) is 1.41. The molecule has 0 fully saturated rings. The van der Waals surface area contributed by atoms with E-state index in [1.54, 1.807) is 11.3 Å². The van der Waals surface area contributed by atoms with E-state index >= 15 is 0 Å². The molecule has 136 valence electrons.